The minimum Gasteiger partial charge on any atom is -0.289 e. The van der Waals surface area contributed by atoms with E-state index in [1.165, 1.54) is 5.39 Å². The van der Waals surface area contributed by atoms with Crippen LogP contribution in [0.4, 0.5) is 0 Å². The second-order valence-corrected chi connectivity index (χ2v) is 5.79. The zero-order valence-electron chi connectivity index (χ0n) is 12.9. The van der Waals surface area contributed by atoms with Gasteiger partial charge in [0.05, 0.1) is 0 Å². The van der Waals surface area contributed by atoms with E-state index >= 15 is 0 Å². The fourth-order valence-electron chi connectivity index (χ4n) is 3.34. The number of benzene rings is 4. The summed E-state index contributed by atoms with van der Waals surface area (Å²) in [5.74, 6) is 0.0880. The molecule has 0 amide bonds. The quantitative estimate of drug-likeness (QED) is 0.351. The molecule has 0 aliphatic rings. The van der Waals surface area contributed by atoms with Gasteiger partial charge in [0, 0.05) is 11.1 Å². The van der Waals surface area contributed by atoms with Crippen LogP contribution >= 0.6 is 0 Å². The Kier molecular flexibility index (Phi) is 3.20. The van der Waals surface area contributed by atoms with Gasteiger partial charge in [0.25, 0.3) is 0 Å². The van der Waals surface area contributed by atoms with E-state index in [1.807, 2.05) is 67.6 Å². The molecule has 1 heteroatoms. The van der Waals surface area contributed by atoms with Gasteiger partial charge in [-0.1, -0.05) is 78.9 Å². The SMILES string of the molecule is Cc1c(C(=O)c2ccccc2)c2ccccc2c2ccccc12. The Balaban J connectivity index is 2.13. The summed E-state index contributed by atoms with van der Waals surface area (Å²) in [5.41, 5.74) is 2.59. The van der Waals surface area contributed by atoms with E-state index in [-0.39, 0.29) is 5.78 Å². The molecule has 0 fully saturated rings. The lowest BCUT2D eigenvalue weighted by Gasteiger charge is -2.14. The molecule has 0 unspecified atom stereocenters. The fraction of sp³-hybridized carbons (Fsp3) is 0.0455. The van der Waals surface area contributed by atoms with E-state index in [0.717, 1.165) is 32.8 Å². The maximum atomic E-state index is 13.1. The summed E-state index contributed by atoms with van der Waals surface area (Å²) in [6, 6.07) is 26.0. The molecular weight excluding hydrogens is 280 g/mol. The van der Waals surface area contributed by atoms with Crippen molar-refractivity contribution in [2.24, 2.45) is 0 Å². The average Bonchev–Trinajstić information content (AvgIpc) is 2.63. The Bertz CT molecular complexity index is 1030. The molecule has 0 aromatic heterocycles. The van der Waals surface area contributed by atoms with Gasteiger partial charge in [-0.05, 0) is 34.0 Å². The standard InChI is InChI=1S/C22H16O/c1-15-17-11-5-6-12-18(17)19-13-7-8-14-20(19)21(15)22(23)16-9-3-2-4-10-16/h2-14H,1H3. The number of hydrogen-bond donors (Lipinski definition) is 0. The highest BCUT2D eigenvalue weighted by Gasteiger charge is 2.18. The minimum absolute atomic E-state index is 0.0880. The molecule has 4 rings (SSSR count). The first kappa shape index (κ1) is 13.7. The molecule has 0 aliphatic carbocycles. The van der Waals surface area contributed by atoms with Gasteiger partial charge in [0.1, 0.15) is 0 Å². The topological polar surface area (TPSA) is 17.1 Å². The Morgan fingerprint density at radius 1 is 0.609 bits per heavy atom. The maximum absolute atomic E-state index is 13.1. The van der Waals surface area contributed by atoms with Crippen LogP contribution in [0.2, 0.25) is 0 Å². The summed E-state index contributed by atoms with van der Waals surface area (Å²) in [6.07, 6.45) is 0. The first-order chi connectivity index (χ1) is 11.3. The second kappa shape index (κ2) is 5.36. The minimum atomic E-state index is 0.0880. The first-order valence-corrected chi connectivity index (χ1v) is 7.77. The molecule has 0 saturated carbocycles. The van der Waals surface area contributed by atoms with Gasteiger partial charge in [-0.3, -0.25) is 4.79 Å². The van der Waals surface area contributed by atoms with E-state index in [4.69, 9.17) is 0 Å². The Labute approximate surface area is 135 Å². The number of aryl methyl sites for hydroxylation is 1. The summed E-state index contributed by atoms with van der Waals surface area (Å²) in [6.45, 7) is 2.05. The molecule has 0 atom stereocenters. The smallest absolute Gasteiger partial charge is 0.193 e. The third-order valence-electron chi connectivity index (χ3n) is 4.46. The van der Waals surface area contributed by atoms with Gasteiger partial charge in [0.2, 0.25) is 0 Å². The number of ketones is 1. The van der Waals surface area contributed by atoms with Crippen molar-refractivity contribution in [2.75, 3.05) is 0 Å². The van der Waals surface area contributed by atoms with Gasteiger partial charge in [-0.2, -0.15) is 0 Å². The van der Waals surface area contributed by atoms with Crippen molar-refractivity contribution in [1.82, 2.24) is 0 Å². The van der Waals surface area contributed by atoms with E-state index in [0.29, 0.717) is 0 Å². The first-order valence-electron chi connectivity index (χ1n) is 7.77. The average molecular weight is 296 g/mol. The van der Waals surface area contributed by atoms with Gasteiger partial charge >= 0.3 is 0 Å². The van der Waals surface area contributed by atoms with E-state index in [9.17, 15) is 4.79 Å². The molecule has 4 aromatic carbocycles. The lowest BCUT2D eigenvalue weighted by Crippen LogP contribution is -2.05. The van der Waals surface area contributed by atoms with Crippen LogP contribution in [0.1, 0.15) is 21.5 Å². The van der Waals surface area contributed by atoms with Crippen molar-refractivity contribution < 1.29 is 4.79 Å². The van der Waals surface area contributed by atoms with E-state index in [1.54, 1.807) is 0 Å². The number of hydrogen-bond acceptors (Lipinski definition) is 1. The van der Waals surface area contributed by atoms with Gasteiger partial charge in [-0.15, -0.1) is 0 Å². The lowest BCUT2D eigenvalue weighted by molar-refractivity contribution is 0.104. The highest BCUT2D eigenvalue weighted by molar-refractivity contribution is 6.23. The van der Waals surface area contributed by atoms with Crippen molar-refractivity contribution >= 4 is 27.3 Å². The van der Waals surface area contributed by atoms with Crippen LogP contribution in [0.25, 0.3) is 21.5 Å². The molecule has 0 heterocycles. The number of fused-ring (bicyclic) bond motifs is 3. The second-order valence-electron chi connectivity index (χ2n) is 5.79. The Hall–Kier alpha value is -2.93. The molecule has 0 aliphatic heterocycles. The molecule has 23 heavy (non-hydrogen) atoms. The van der Waals surface area contributed by atoms with Crippen molar-refractivity contribution in [3.63, 3.8) is 0 Å². The largest absolute Gasteiger partial charge is 0.289 e. The highest BCUT2D eigenvalue weighted by atomic mass is 16.1. The van der Waals surface area contributed by atoms with Crippen molar-refractivity contribution in [3.05, 3.63) is 95.6 Å². The van der Waals surface area contributed by atoms with Crippen LogP contribution in [0.3, 0.4) is 0 Å². The Morgan fingerprint density at radius 2 is 1.09 bits per heavy atom. The molecule has 0 bridgehead atoms. The predicted octanol–water partition coefficient (Wildman–Crippen LogP) is 5.53. The van der Waals surface area contributed by atoms with Crippen molar-refractivity contribution in [2.45, 2.75) is 6.92 Å². The fourth-order valence-corrected chi connectivity index (χ4v) is 3.34. The van der Waals surface area contributed by atoms with Crippen LogP contribution < -0.4 is 0 Å². The Morgan fingerprint density at radius 3 is 1.74 bits per heavy atom. The van der Waals surface area contributed by atoms with E-state index < -0.39 is 0 Å². The third kappa shape index (κ3) is 2.13. The number of rotatable bonds is 2. The highest BCUT2D eigenvalue weighted by Crippen LogP contribution is 2.33. The zero-order valence-corrected chi connectivity index (χ0v) is 12.9. The zero-order chi connectivity index (χ0) is 15.8. The molecule has 1 nitrogen and oxygen atoms in total. The summed E-state index contributed by atoms with van der Waals surface area (Å²) in [4.78, 5) is 13.1. The monoisotopic (exact) mass is 296 g/mol. The molecular formula is C22H16O. The lowest BCUT2D eigenvalue weighted by atomic mass is 9.88. The van der Waals surface area contributed by atoms with Crippen LogP contribution in [0.15, 0.2) is 78.9 Å². The van der Waals surface area contributed by atoms with Crippen LogP contribution in [-0.4, -0.2) is 5.78 Å². The van der Waals surface area contributed by atoms with Gasteiger partial charge in [-0.25, -0.2) is 0 Å². The van der Waals surface area contributed by atoms with Crippen LogP contribution in [-0.2, 0) is 0 Å². The van der Waals surface area contributed by atoms with Crippen LogP contribution in [0, 0.1) is 6.92 Å². The third-order valence-corrected chi connectivity index (χ3v) is 4.46. The van der Waals surface area contributed by atoms with Gasteiger partial charge < -0.3 is 0 Å². The maximum Gasteiger partial charge on any atom is 0.193 e. The number of carbonyl (C=O) groups excluding carboxylic acids is 1. The number of carbonyl (C=O) groups is 1. The summed E-state index contributed by atoms with van der Waals surface area (Å²) >= 11 is 0. The summed E-state index contributed by atoms with van der Waals surface area (Å²) in [7, 11) is 0. The predicted molar refractivity (Wildman–Crippen MR) is 96.1 cm³/mol. The van der Waals surface area contributed by atoms with E-state index in [2.05, 4.69) is 18.2 Å². The van der Waals surface area contributed by atoms with Gasteiger partial charge in [0.15, 0.2) is 5.78 Å². The molecule has 0 N–H and O–H groups in total. The molecule has 0 spiro atoms. The molecule has 0 radical (unpaired) electrons. The molecule has 110 valence electrons. The molecule has 4 aromatic rings. The normalized spacial score (nSPS) is 11.0. The summed E-state index contributed by atoms with van der Waals surface area (Å²) in [5, 5.41) is 4.50. The van der Waals surface area contributed by atoms with Crippen molar-refractivity contribution in [3.8, 4) is 0 Å². The molecule has 0 saturated heterocycles. The van der Waals surface area contributed by atoms with Crippen LogP contribution in [0.5, 0.6) is 0 Å². The van der Waals surface area contributed by atoms with Crippen molar-refractivity contribution in [1.29, 1.82) is 0 Å². The summed E-state index contributed by atoms with van der Waals surface area (Å²) < 4.78 is 0.